The third-order valence-electron chi connectivity index (χ3n) is 5.83. The molecule has 8 heteroatoms. The van der Waals surface area contributed by atoms with Crippen molar-refractivity contribution in [2.75, 3.05) is 0 Å². The number of carbonyl (C=O) groups is 2. The van der Waals surface area contributed by atoms with Gasteiger partial charge in [0.05, 0.1) is 0 Å². The van der Waals surface area contributed by atoms with Crippen molar-refractivity contribution in [2.45, 2.75) is 64.1 Å². The van der Waals surface area contributed by atoms with E-state index in [1.54, 1.807) is 39.0 Å². The van der Waals surface area contributed by atoms with E-state index in [1.165, 1.54) is 24.3 Å². The minimum absolute atomic E-state index is 0.00980. The van der Waals surface area contributed by atoms with Crippen molar-refractivity contribution in [3.05, 3.63) is 59.7 Å². The zero-order valence-electron chi connectivity index (χ0n) is 19.5. The van der Waals surface area contributed by atoms with Crippen LogP contribution in [-0.2, 0) is 16.0 Å². The lowest BCUT2D eigenvalue weighted by Crippen LogP contribution is -2.54. The highest BCUT2D eigenvalue weighted by Crippen LogP contribution is 2.32. The molecule has 34 heavy (non-hydrogen) atoms. The first-order valence-corrected chi connectivity index (χ1v) is 11.4. The third kappa shape index (κ3) is 5.73. The predicted octanol–water partition coefficient (Wildman–Crippen LogP) is 5.22. The summed E-state index contributed by atoms with van der Waals surface area (Å²) in [5.41, 5.74) is 2.53. The van der Waals surface area contributed by atoms with Crippen LogP contribution >= 0.6 is 0 Å². The zero-order valence-corrected chi connectivity index (χ0v) is 19.5. The van der Waals surface area contributed by atoms with E-state index >= 15 is 0 Å². The number of hydrogen-bond acceptors (Lipinski definition) is 3. The number of nitrogens with one attached hydrogen (secondary N) is 3. The summed E-state index contributed by atoms with van der Waals surface area (Å²) in [4.78, 5) is 27.7. The normalized spacial score (nSPS) is 17.8. The van der Waals surface area contributed by atoms with E-state index in [4.69, 9.17) is 4.74 Å². The summed E-state index contributed by atoms with van der Waals surface area (Å²) in [7, 11) is 0. The standard InChI is InChI=1S/C26H29F2N3O3/c1-26(2,3)34-25(33)30-19-13-18(14-19)29-23(32)11-9-20-21-12-17(28)8-10-22(21)31-24(20)15-4-6-16(27)7-5-15/h4-8,10,12,18-19,31H,9,11,13-14H2,1-3H3,(H,29,32)(H,30,33). The molecular weight excluding hydrogens is 440 g/mol. The minimum atomic E-state index is -0.556. The van der Waals surface area contributed by atoms with Crippen molar-refractivity contribution in [3.63, 3.8) is 0 Å². The van der Waals surface area contributed by atoms with Gasteiger partial charge in [-0.15, -0.1) is 0 Å². The molecule has 1 saturated carbocycles. The van der Waals surface area contributed by atoms with Gasteiger partial charge in [-0.25, -0.2) is 13.6 Å². The van der Waals surface area contributed by atoms with Crippen LogP contribution in [0.4, 0.5) is 13.6 Å². The highest BCUT2D eigenvalue weighted by Gasteiger charge is 2.32. The van der Waals surface area contributed by atoms with Gasteiger partial charge in [-0.05, 0) is 93.6 Å². The van der Waals surface area contributed by atoms with Gasteiger partial charge in [0.2, 0.25) is 5.91 Å². The Kier molecular flexibility index (Phi) is 6.59. The molecule has 1 aromatic heterocycles. The predicted molar refractivity (Wildman–Crippen MR) is 126 cm³/mol. The molecule has 6 nitrogen and oxygen atoms in total. The summed E-state index contributed by atoms with van der Waals surface area (Å²) in [6, 6.07) is 10.5. The van der Waals surface area contributed by atoms with E-state index in [9.17, 15) is 18.4 Å². The summed E-state index contributed by atoms with van der Waals surface area (Å²) < 4.78 is 32.6. The van der Waals surface area contributed by atoms with Crippen molar-refractivity contribution in [1.29, 1.82) is 0 Å². The molecule has 0 bridgehead atoms. The van der Waals surface area contributed by atoms with Gasteiger partial charge in [0.15, 0.2) is 0 Å². The Balaban J connectivity index is 1.37. The molecule has 2 aromatic carbocycles. The van der Waals surface area contributed by atoms with Gasteiger partial charge in [0, 0.05) is 35.1 Å². The van der Waals surface area contributed by atoms with Crippen molar-refractivity contribution >= 4 is 22.9 Å². The van der Waals surface area contributed by atoms with Crippen LogP contribution in [0.3, 0.4) is 0 Å². The Bertz CT molecular complexity index is 1190. The Hall–Kier alpha value is -3.42. The first-order valence-electron chi connectivity index (χ1n) is 11.4. The van der Waals surface area contributed by atoms with Crippen molar-refractivity contribution in [2.24, 2.45) is 0 Å². The number of halogens is 2. The number of aromatic nitrogens is 1. The van der Waals surface area contributed by atoms with Gasteiger partial charge < -0.3 is 20.4 Å². The molecule has 0 unspecified atom stereocenters. The molecule has 1 aliphatic carbocycles. The monoisotopic (exact) mass is 469 g/mol. The number of amides is 2. The molecule has 1 fully saturated rings. The van der Waals surface area contributed by atoms with Crippen LogP contribution < -0.4 is 10.6 Å². The van der Waals surface area contributed by atoms with Crippen molar-refractivity contribution < 1.29 is 23.1 Å². The second-order valence-electron chi connectivity index (χ2n) is 9.75. The summed E-state index contributed by atoms with van der Waals surface area (Å²) in [5.74, 6) is -0.816. The van der Waals surface area contributed by atoms with Crippen molar-refractivity contribution in [3.8, 4) is 11.3 Å². The molecule has 180 valence electrons. The molecular formula is C26H29F2N3O3. The highest BCUT2D eigenvalue weighted by atomic mass is 19.1. The lowest BCUT2D eigenvalue weighted by atomic mass is 9.86. The fraction of sp³-hybridized carbons (Fsp3) is 0.385. The van der Waals surface area contributed by atoms with Crippen LogP contribution in [0.1, 0.15) is 45.6 Å². The Morgan fingerprint density at radius 1 is 1.00 bits per heavy atom. The molecule has 4 rings (SSSR count). The Labute approximate surface area is 197 Å². The first-order chi connectivity index (χ1) is 16.1. The number of benzene rings is 2. The van der Waals surface area contributed by atoms with Gasteiger partial charge in [-0.2, -0.15) is 0 Å². The Morgan fingerprint density at radius 3 is 2.32 bits per heavy atom. The summed E-state index contributed by atoms with van der Waals surface area (Å²) in [5, 5.41) is 6.50. The molecule has 0 saturated heterocycles. The van der Waals surface area contributed by atoms with E-state index in [-0.39, 0.29) is 36.0 Å². The van der Waals surface area contributed by atoms with Crippen molar-refractivity contribution in [1.82, 2.24) is 15.6 Å². The van der Waals surface area contributed by atoms with E-state index < -0.39 is 11.7 Å². The number of aromatic amines is 1. The average molecular weight is 470 g/mol. The van der Waals surface area contributed by atoms with E-state index in [0.717, 1.165) is 22.3 Å². The number of rotatable bonds is 6. The van der Waals surface area contributed by atoms with Crippen LogP contribution in [0.2, 0.25) is 0 Å². The second-order valence-corrected chi connectivity index (χ2v) is 9.75. The highest BCUT2D eigenvalue weighted by molar-refractivity contribution is 5.91. The molecule has 0 atom stereocenters. The number of carbonyl (C=O) groups excluding carboxylic acids is 2. The van der Waals surface area contributed by atoms with E-state index in [0.29, 0.717) is 24.6 Å². The van der Waals surface area contributed by atoms with Crippen LogP contribution in [0, 0.1) is 11.6 Å². The molecule has 3 aromatic rings. The minimum Gasteiger partial charge on any atom is -0.444 e. The Morgan fingerprint density at radius 2 is 1.65 bits per heavy atom. The first kappa shape index (κ1) is 23.7. The maximum absolute atomic E-state index is 13.9. The summed E-state index contributed by atoms with van der Waals surface area (Å²) in [6.45, 7) is 5.42. The maximum atomic E-state index is 13.9. The molecule has 2 amide bonds. The molecule has 1 aliphatic rings. The number of fused-ring (bicyclic) bond motifs is 1. The number of alkyl carbamates (subject to hydrolysis) is 1. The SMILES string of the molecule is CC(C)(C)OC(=O)NC1CC(NC(=O)CCc2c(-c3ccc(F)cc3)[nH]c3ccc(F)cc23)C1. The number of hydrogen-bond donors (Lipinski definition) is 3. The zero-order chi connectivity index (χ0) is 24.5. The molecule has 3 N–H and O–H groups in total. The van der Waals surface area contributed by atoms with Gasteiger partial charge >= 0.3 is 6.09 Å². The topological polar surface area (TPSA) is 83.2 Å². The summed E-state index contributed by atoms with van der Waals surface area (Å²) >= 11 is 0. The number of aryl methyl sites for hydroxylation is 1. The van der Waals surface area contributed by atoms with Crippen LogP contribution in [0.15, 0.2) is 42.5 Å². The van der Waals surface area contributed by atoms with Gasteiger partial charge in [0.25, 0.3) is 0 Å². The fourth-order valence-electron chi connectivity index (χ4n) is 4.21. The van der Waals surface area contributed by atoms with Gasteiger partial charge in [0.1, 0.15) is 17.2 Å². The van der Waals surface area contributed by atoms with Gasteiger partial charge in [-0.1, -0.05) is 0 Å². The smallest absolute Gasteiger partial charge is 0.407 e. The lowest BCUT2D eigenvalue weighted by Gasteiger charge is -2.36. The van der Waals surface area contributed by atoms with Crippen LogP contribution in [-0.4, -0.2) is 34.7 Å². The van der Waals surface area contributed by atoms with Crippen LogP contribution in [0.5, 0.6) is 0 Å². The summed E-state index contributed by atoms with van der Waals surface area (Å²) in [6.07, 6.45) is 1.45. The second kappa shape index (κ2) is 9.44. The van der Waals surface area contributed by atoms with Gasteiger partial charge in [-0.3, -0.25) is 4.79 Å². The molecule has 0 aliphatic heterocycles. The van der Waals surface area contributed by atoms with Crippen LogP contribution in [0.25, 0.3) is 22.2 Å². The molecule has 0 radical (unpaired) electrons. The van der Waals surface area contributed by atoms with E-state index in [1.807, 2.05) is 0 Å². The largest absolute Gasteiger partial charge is 0.444 e. The average Bonchev–Trinajstić information content (AvgIpc) is 3.07. The molecule has 0 spiro atoms. The molecule has 1 heterocycles. The number of ether oxygens (including phenoxy) is 1. The third-order valence-corrected chi connectivity index (χ3v) is 5.83. The maximum Gasteiger partial charge on any atom is 0.407 e. The van der Waals surface area contributed by atoms with E-state index in [2.05, 4.69) is 15.6 Å². The lowest BCUT2D eigenvalue weighted by molar-refractivity contribution is -0.122. The quantitative estimate of drug-likeness (QED) is 0.463. The number of H-pyrrole nitrogens is 1. The fourth-order valence-corrected chi connectivity index (χ4v) is 4.21.